The van der Waals surface area contributed by atoms with Gasteiger partial charge in [0, 0.05) is 17.7 Å². The van der Waals surface area contributed by atoms with Gasteiger partial charge in [0.15, 0.2) is 5.78 Å². The van der Waals surface area contributed by atoms with E-state index in [1.807, 2.05) is 6.07 Å². The maximum absolute atomic E-state index is 11.8. The van der Waals surface area contributed by atoms with Crippen LogP contribution in [0.5, 0.6) is 0 Å². The van der Waals surface area contributed by atoms with Crippen LogP contribution in [0, 0.1) is 0 Å². The van der Waals surface area contributed by atoms with Crippen LogP contribution in [0.15, 0.2) is 18.2 Å². The Balaban J connectivity index is 2.08. The fourth-order valence-electron chi connectivity index (χ4n) is 2.14. The van der Waals surface area contributed by atoms with E-state index < -0.39 is 0 Å². The molecule has 0 bridgehead atoms. The number of ketones is 1. The molecule has 1 aliphatic carbocycles. The SMILES string of the molecule is C[C@@H](CO)NC(=O)Nc1ccc2c(c1)C(=O)CCC2. The van der Waals surface area contributed by atoms with E-state index in [0.29, 0.717) is 17.7 Å². The van der Waals surface area contributed by atoms with Crippen molar-refractivity contribution in [3.05, 3.63) is 29.3 Å². The van der Waals surface area contributed by atoms with Gasteiger partial charge < -0.3 is 15.7 Å². The first-order chi connectivity index (χ1) is 9.10. The zero-order chi connectivity index (χ0) is 13.8. The van der Waals surface area contributed by atoms with Crippen LogP contribution in [-0.4, -0.2) is 29.6 Å². The van der Waals surface area contributed by atoms with E-state index >= 15 is 0 Å². The van der Waals surface area contributed by atoms with Crippen molar-refractivity contribution in [3.63, 3.8) is 0 Å². The van der Waals surface area contributed by atoms with Crippen LogP contribution in [0.1, 0.15) is 35.7 Å². The highest BCUT2D eigenvalue weighted by Crippen LogP contribution is 2.24. The summed E-state index contributed by atoms with van der Waals surface area (Å²) in [5.74, 6) is 0.133. The van der Waals surface area contributed by atoms with Gasteiger partial charge in [0.1, 0.15) is 0 Å². The molecule has 5 nitrogen and oxygen atoms in total. The van der Waals surface area contributed by atoms with Crippen LogP contribution in [0.3, 0.4) is 0 Å². The molecule has 1 aromatic carbocycles. The van der Waals surface area contributed by atoms with Crippen molar-refractivity contribution in [2.45, 2.75) is 32.2 Å². The molecule has 0 aliphatic heterocycles. The largest absolute Gasteiger partial charge is 0.394 e. The van der Waals surface area contributed by atoms with Gasteiger partial charge in [0.05, 0.1) is 12.6 Å². The summed E-state index contributed by atoms with van der Waals surface area (Å²) in [5, 5.41) is 14.1. The monoisotopic (exact) mass is 262 g/mol. The molecular weight excluding hydrogens is 244 g/mol. The van der Waals surface area contributed by atoms with E-state index in [-0.39, 0.29) is 24.5 Å². The summed E-state index contributed by atoms with van der Waals surface area (Å²) in [4.78, 5) is 23.4. The average Bonchev–Trinajstić information content (AvgIpc) is 2.39. The van der Waals surface area contributed by atoms with Crippen molar-refractivity contribution in [1.82, 2.24) is 5.32 Å². The lowest BCUT2D eigenvalue weighted by Crippen LogP contribution is -2.38. The number of hydrogen-bond acceptors (Lipinski definition) is 3. The van der Waals surface area contributed by atoms with Gasteiger partial charge in [-0.15, -0.1) is 0 Å². The number of aryl methyl sites for hydroxylation is 1. The van der Waals surface area contributed by atoms with Crippen LogP contribution in [0.4, 0.5) is 10.5 Å². The highest BCUT2D eigenvalue weighted by molar-refractivity contribution is 6.00. The Morgan fingerprint density at radius 3 is 2.95 bits per heavy atom. The lowest BCUT2D eigenvalue weighted by atomic mass is 9.90. The van der Waals surface area contributed by atoms with Gasteiger partial charge in [0.2, 0.25) is 0 Å². The van der Waals surface area contributed by atoms with E-state index in [2.05, 4.69) is 10.6 Å². The smallest absolute Gasteiger partial charge is 0.319 e. The van der Waals surface area contributed by atoms with Crippen molar-refractivity contribution in [2.24, 2.45) is 0 Å². The predicted molar refractivity (Wildman–Crippen MR) is 72.4 cm³/mol. The first-order valence-corrected chi connectivity index (χ1v) is 6.44. The van der Waals surface area contributed by atoms with Crippen molar-refractivity contribution in [2.75, 3.05) is 11.9 Å². The molecule has 1 aromatic rings. The summed E-state index contributed by atoms with van der Waals surface area (Å²) in [6.45, 7) is 1.59. The number of anilines is 1. The number of aliphatic hydroxyl groups is 1. The maximum Gasteiger partial charge on any atom is 0.319 e. The third-order valence-electron chi connectivity index (χ3n) is 3.17. The Hall–Kier alpha value is -1.88. The second kappa shape index (κ2) is 5.84. The molecule has 1 aliphatic rings. The molecule has 0 fully saturated rings. The molecular formula is C14H18N2O3. The molecule has 19 heavy (non-hydrogen) atoms. The topological polar surface area (TPSA) is 78.4 Å². The van der Waals surface area contributed by atoms with Crippen molar-refractivity contribution < 1.29 is 14.7 Å². The number of benzene rings is 1. The van der Waals surface area contributed by atoms with Crippen molar-refractivity contribution in [1.29, 1.82) is 0 Å². The maximum atomic E-state index is 11.8. The molecule has 102 valence electrons. The van der Waals surface area contributed by atoms with E-state index in [4.69, 9.17) is 5.11 Å². The molecule has 0 saturated heterocycles. The Kier molecular flexibility index (Phi) is 4.16. The van der Waals surface area contributed by atoms with Crippen LogP contribution >= 0.6 is 0 Å². The first kappa shape index (κ1) is 13.5. The Labute approximate surface area is 112 Å². The van der Waals surface area contributed by atoms with Gasteiger partial charge in [-0.2, -0.15) is 0 Å². The number of carbonyl (C=O) groups is 2. The number of fused-ring (bicyclic) bond motifs is 1. The van der Waals surface area contributed by atoms with Gasteiger partial charge in [-0.05, 0) is 37.5 Å². The lowest BCUT2D eigenvalue weighted by molar-refractivity contribution is 0.0972. The molecule has 2 amide bonds. The average molecular weight is 262 g/mol. The third kappa shape index (κ3) is 3.32. The molecule has 0 aromatic heterocycles. The number of Topliss-reactive ketones (excluding diaryl/α,β-unsaturated/α-hetero) is 1. The standard InChI is InChI=1S/C14H18N2O3/c1-9(8-17)15-14(19)16-11-6-5-10-3-2-4-13(18)12(10)7-11/h5-7,9,17H,2-4,8H2,1H3,(H2,15,16,19)/t9-/m0/s1. The van der Waals surface area contributed by atoms with E-state index in [1.165, 1.54) is 0 Å². The molecule has 0 heterocycles. The molecule has 0 spiro atoms. The highest BCUT2D eigenvalue weighted by Gasteiger charge is 2.17. The molecule has 0 saturated carbocycles. The van der Waals surface area contributed by atoms with Crippen LogP contribution in [0.25, 0.3) is 0 Å². The van der Waals surface area contributed by atoms with Gasteiger partial charge in [-0.1, -0.05) is 6.07 Å². The Morgan fingerprint density at radius 2 is 2.21 bits per heavy atom. The summed E-state index contributed by atoms with van der Waals surface area (Å²) < 4.78 is 0. The number of amides is 2. The van der Waals surface area contributed by atoms with Crippen LogP contribution in [-0.2, 0) is 6.42 Å². The summed E-state index contributed by atoms with van der Waals surface area (Å²) in [6.07, 6.45) is 2.38. The quantitative estimate of drug-likeness (QED) is 0.776. The zero-order valence-electron chi connectivity index (χ0n) is 10.9. The van der Waals surface area contributed by atoms with E-state index in [9.17, 15) is 9.59 Å². The van der Waals surface area contributed by atoms with Crippen molar-refractivity contribution >= 4 is 17.5 Å². The molecule has 5 heteroatoms. The third-order valence-corrected chi connectivity index (χ3v) is 3.17. The minimum absolute atomic E-state index is 0.115. The summed E-state index contributed by atoms with van der Waals surface area (Å²) >= 11 is 0. The molecule has 0 unspecified atom stereocenters. The molecule has 3 N–H and O–H groups in total. The molecule has 1 atom stereocenters. The minimum atomic E-state index is -0.384. The number of nitrogens with one attached hydrogen (secondary N) is 2. The van der Waals surface area contributed by atoms with Crippen molar-refractivity contribution in [3.8, 4) is 0 Å². The molecule has 2 rings (SSSR count). The van der Waals surface area contributed by atoms with E-state index in [1.54, 1.807) is 19.1 Å². The van der Waals surface area contributed by atoms with Gasteiger partial charge in [0.25, 0.3) is 0 Å². The number of aliphatic hydroxyl groups excluding tert-OH is 1. The zero-order valence-corrected chi connectivity index (χ0v) is 10.9. The van der Waals surface area contributed by atoms with Gasteiger partial charge in [-0.25, -0.2) is 4.79 Å². The fourth-order valence-corrected chi connectivity index (χ4v) is 2.14. The Bertz CT molecular complexity index is 499. The van der Waals surface area contributed by atoms with Gasteiger partial charge >= 0.3 is 6.03 Å². The number of carbonyl (C=O) groups excluding carboxylic acids is 2. The number of urea groups is 1. The summed E-state index contributed by atoms with van der Waals surface area (Å²) in [5.41, 5.74) is 2.35. The second-order valence-corrected chi connectivity index (χ2v) is 4.83. The van der Waals surface area contributed by atoms with Crippen LogP contribution < -0.4 is 10.6 Å². The lowest BCUT2D eigenvalue weighted by Gasteiger charge is -2.17. The highest BCUT2D eigenvalue weighted by atomic mass is 16.3. The van der Waals surface area contributed by atoms with Crippen LogP contribution in [0.2, 0.25) is 0 Å². The Morgan fingerprint density at radius 1 is 1.42 bits per heavy atom. The van der Waals surface area contributed by atoms with E-state index in [0.717, 1.165) is 18.4 Å². The fraction of sp³-hybridized carbons (Fsp3) is 0.429. The second-order valence-electron chi connectivity index (χ2n) is 4.83. The summed E-state index contributed by atoms with van der Waals surface area (Å²) in [6, 6.07) is 4.71. The summed E-state index contributed by atoms with van der Waals surface area (Å²) in [7, 11) is 0. The van der Waals surface area contributed by atoms with Gasteiger partial charge in [-0.3, -0.25) is 4.79 Å². The normalized spacial score (nSPS) is 15.6. The number of hydrogen-bond donors (Lipinski definition) is 3. The predicted octanol–water partition coefficient (Wildman–Crippen LogP) is 1.71. The minimum Gasteiger partial charge on any atom is -0.394 e. The number of rotatable bonds is 3. The molecule has 0 radical (unpaired) electrons. The first-order valence-electron chi connectivity index (χ1n) is 6.44.